The Balaban J connectivity index is 1.81. The Labute approximate surface area is 182 Å². The summed E-state index contributed by atoms with van der Waals surface area (Å²) < 4.78 is 0. The largest absolute Gasteiger partial charge is 0.392 e. The third-order valence-corrected chi connectivity index (χ3v) is 5.46. The van der Waals surface area contributed by atoms with Crippen LogP contribution in [0.1, 0.15) is 54.5 Å². The summed E-state index contributed by atoms with van der Waals surface area (Å²) in [6, 6.07) is 15.1. The highest BCUT2D eigenvalue weighted by molar-refractivity contribution is 5.90. The number of hydrogen-bond acceptors (Lipinski definition) is 5. The van der Waals surface area contributed by atoms with Gasteiger partial charge >= 0.3 is 0 Å². The van der Waals surface area contributed by atoms with Crippen LogP contribution < -0.4 is 5.32 Å². The van der Waals surface area contributed by atoms with E-state index in [4.69, 9.17) is 9.97 Å². The van der Waals surface area contributed by atoms with E-state index in [-0.39, 0.29) is 18.4 Å². The number of fused-ring (bicyclic) bond motifs is 3. The van der Waals surface area contributed by atoms with Gasteiger partial charge in [0.15, 0.2) is 5.82 Å². The van der Waals surface area contributed by atoms with Crippen LogP contribution in [-0.2, 0) is 24.2 Å². The monoisotopic (exact) mass is 417 g/mol. The van der Waals surface area contributed by atoms with Gasteiger partial charge in [-0.1, -0.05) is 62.4 Å². The summed E-state index contributed by atoms with van der Waals surface area (Å²) in [6.07, 6.45) is 0.811. The van der Waals surface area contributed by atoms with Crippen molar-refractivity contribution in [3.05, 3.63) is 76.6 Å². The topological polar surface area (TPSA) is 95.3 Å². The van der Waals surface area contributed by atoms with Crippen molar-refractivity contribution in [1.29, 1.82) is 0 Å². The van der Waals surface area contributed by atoms with E-state index in [0.29, 0.717) is 29.9 Å². The second-order valence-electron chi connectivity index (χ2n) is 8.36. The normalized spacial score (nSPS) is 13.5. The number of aryl methyl sites for hydroxylation is 2. The minimum Gasteiger partial charge on any atom is -0.392 e. The Morgan fingerprint density at radius 2 is 1.87 bits per heavy atom. The van der Waals surface area contributed by atoms with Crippen LogP contribution in [-0.4, -0.2) is 26.1 Å². The quantitative estimate of drug-likeness (QED) is 0.567. The molecule has 0 aliphatic heterocycles. The standard InChI is InChI=1S/C25H27N3O3/c1-15(2)12-21(30)27-25-23(24(31)17-6-4-3-5-7-17)28-22-19-10-8-16(14-29)13-18(19)9-11-20(22)26-25/h3-8,10,13,15,24,29,31H,9,11-12,14H2,1-2H3,(H,26,27,30). The van der Waals surface area contributed by atoms with Gasteiger partial charge in [-0.2, -0.15) is 0 Å². The lowest BCUT2D eigenvalue weighted by Crippen LogP contribution is -2.21. The first-order valence-electron chi connectivity index (χ1n) is 10.6. The first kappa shape index (κ1) is 21.2. The summed E-state index contributed by atoms with van der Waals surface area (Å²) >= 11 is 0. The molecule has 0 saturated carbocycles. The summed E-state index contributed by atoms with van der Waals surface area (Å²) in [5, 5.41) is 23.5. The third kappa shape index (κ3) is 4.50. The molecule has 1 aliphatic rings. The first-order chi connectivity index (χ1) is 15.0. The van der Waals surface area contributed by atoms with Gasteiger partial charge in [0.05, 0.1) is 18.0 Å². The molecule has 1 heterocycles. The van der Waals surface area contributed by atoms with E-state index in [0.717, 1.165) is 34.5 Å². The molecule has 3 aromatic rings. The van der Waals surface area contributed by atoms with Gasteiger partial charge in [0.2, 0.25) is 5.91 Å². The maximum atomic E-state index is 12.5. The van der Waals surface area contributed by atoms with E-state index in [1.807, 2.05) is 62.4 Å². The number of aliphatic hydroxyl groups is 2. The molecule has 0 radical (unpaired) electrons. The number of aliphatic hydroxyl groups excluding tert-OH is 2. The molecule has 1 amide bonds. The average Bonchev–Trinajstić information content (AvgIpc) is 2.77. The molecule has 6 heteroatoms. The van der Waals surface area contributed by atoms with Crippen molar-refractivity contribution in [1.82, 2.24) is 9.97 Å². The van der Waals surface area contributed by atoms with Crippen molar-refractivity contribution in [3.8, 4) is 11.3 Å². The highest BCUT2D eigenvalue weighted by Crippen LogP contribution is 2.36. The van der Waals surface area contributed by atoms with Crippen molar-refractivity contribution in [2.45, 2.75) is 45.8 Å². The molecule has 3 N–H and O–H groups in total. The van der Waals surface area contributed by atoms with Crippen LogP contribution in [0.2, 0.25) is 0 Å². The fourth-order valence-electron chi connectivity index (χ4n) is 3.94. The molecule has 1 aliphatic carbocycles. The van der Waals surface area contributed by atoms with Gasteiger partial charge in [0.1, 0.15) is 11.8 Å². The van der Waals surface area contributed by atoms with Gasteiger partial charge in [0, 0.05) is 12.0 Å². The zero-order valence-corrected chi connectivity index (χ0v) is 17.8. The van der Waals surface area contributed by atoms with Crippen molar-refractivity contribution in [2.24, 2.45) is 5.92 Å². The number of carbonyl (C=O) groups is 1. The summed E-state index contributed by atoms with van der Waals surface area (Å²) in [6.45, 7) is 3.95. The number of benzene rings is 2. The first-order valence-corrected chi connectivity index (χ1v) is 10.6. The molecule has 6 nitrogen and oxygen atoms in total. The Kier molecular flexibility index (Phi) is 6.11. The number of anilines is 1. The highest BCUT2D eigenvalue weighted by Gasteiger charge is 2.26. The maximum Gasteiger partial charge on any atom is 0.225 e. The van der Waals surface area contributed by atoms with E-state index in [9.17, 15) is 15.0 Å². The molecule has 0 bridgehead atoms. The van der Waals surface area contributed by atoms with E-state index in [2.05, 4.69) is 5.32 Å². The second-order valence-corrected chi connectivity index (χ2v) is 8.36. The SMILES string of the molecule is CC(C)CC(=O)Nc1nc2c(nc1C(O)c1ccccc1)-c1ccc(CO)cc1CC2. The van der Waals surface area contributed by atoms with Crippen LogP contribution in [0.3, 0.4) is 0 Å². The van der Waals surface area contributed by atoms with Crippen molar-refractivity contribution >= 4 is 11.7 Å². The Morgan fingerprint density at radius 1 is 1.10 bits per heavy atom. The van der Waals surface area contributed by atoms with Crippen molar-refractivity contribution in [3.63, 3.8) is 0 Å². The van der Waals surface area contributed by atoms with Crippen LogP contribution in [0.4, 0.5) is 5.82 Å². The summed E-state index contributed by atoms with van der Waals surface area (Å²) in [5.74, 6) is 0.381. The number of rotatable bonds is 6. The predicted octanol–water partition coefficient (Wildman–Crippen LogP) is 3.80. The number of hydrogen-bond donors (Lipinski definition) is 3. The highest BCUT2D eigenvalue weighted by atomic mass is 16.3. The molecular formula is C25H27N3O3. The van der Waals surface area contributed by atoms with E-state index >= 15 is 0 Å². The van der Waals surface area contributed by atoms with Gasteiger partial charge in [0.25, 0.3) is 0 Å². The molecule has 0 fully saturated rings. The van der Waals surface area contributed by atoms with Crippen LogP contribution in [0, 0.1) is 5.92 Å². The van der Waals surface area contributed by atoms with Crippen LogP contribution in [0.5, 0.6) is 0 Å². The summed E-state index contributed by atoms with van der Waals surface area (Å²) in [7, 11) is 0. The third-order valence-electron chi connectivity index (χ3n) is 5.46. The zero-order chi connectivity index (χ0) is 22.0. The smallest absolute Gasteiger partial charge is 0.225 e. The molecule has 2 aromatic carbocycles. The lowest BCUT2D eigenvalue weighted by Gasteiger charge is -2.23. The Hall–Kier alpha value is -3.09. The lowest BCUT2D eigenvalue weighted by atomic mass is 9.90. The number of nitrogens with zero attached hydrogens (tertiary/aromatic N) is 2. The summed E-state index contributed by atoms with van der Waals surface area (Å²) in [4.78, 5) is 22.1. The Morgan fingerprint density at radius 3 is 2.58 bits per heavy atom. The molecule has 1 atom stereocenters. The van der Waals surface area contributed by atoms with E-state index in [1.165, 1.54) is 0 Å². The van der Waals surface area contributed by atoms with Gasteiger partial charge in [-0.3, -0.25) is 4.79 Å². The average molecular weight is 418 g/mol. The van der Waals surface area contributed by atoms with Crippen molar-refractivity contribution < 1.29 is 15.0 Å². The molecule has 0 spiro atoms. The Bertz CT molecular complexity index is 1100. The second kappa shape index (κ2) is 8.96. The van der Waals surface area contributed by atoms with E-state index < -0.39 is 6.10 Å². The minimum absolute atomic E-state index is 0.00932. The van der Waals surface area contributed by atoms with Crippen LogP contribution >= 0.6 is 0 Å². The van der Waals surface area contributed by atoms with Gasteiger partial charge < -0.3 is 15.5 Å². The van der Waals surface area contributed by atoms with Gasteiger partial charge in [-0.15, -0.1) is 0 Å². The van der Waals surface area contributed by atoms with Gasteiger partial charge in [-0.05, 0) is 35.4 Å². The van der Waals surface area contributed by atoms with Crippen LogP contribution in [0.25, 0.3) is 11.3 Å². The predicted molar refractivity (Wildman–Crippen MR) is 119 cm³/mol. The van der Waals surface area contributed by atoms with Crippen LogP contribution in [0.15, 0.2) is 48.5 Å². The number of aromatic nitrogens is 2. The van der Waals surface area contributed by atoms with Gasteiger partial charge in [-0.25, -0.2) is 9.97 Å². The number of nitrogens with one attached hydrogen (secondary N) is 1. The molecule has 160 valence electrons. The molecule has 1 aromatic heterocycles. The summed E-state index contributed by atoms with van der Waals surface area (Å²) in [5.41, 5.74) is 5.45. The molecule has 1 unspecified atom stereocenters. The number of amides is 1. The molecule has 31 heavy (non-hydrogen) atoms. The lowest BCUT2D eigenvalue weighted by molar-refractivity contribution is -0.116. The maximum absolute atomic E-state index is 12.5. The fraction of sp³-hybridized carbons (Fsp3) is 0.320. The molecular weight excluding hydrogens is 390 g/mol. The fourth-order valence-corrected chi connectivity index (χ4v) is 3.94. The molecule has 4 rings (SSSR count). The zero-order valence-electron chi connectivity index (χ0n) is 17.8. The molecule has 0 saturated heterocycles. The van der Waals surface area contributed by atoms with Crippen molar-refractivity contribution in [2.75, 3.05) is 5.32 Å². The minimum atomic E-state index is -1.02. The number of carbonyl (C=O) groups excluding carboxylic acids is 1. The van der Waals surface area contributed by atoms with E-state index in [1.54, 1.807) is 0 Å².